The molecule has 16 heavy (non-hydrogen) atoms. The Morgan fingerprint density at radius 1 is 1.25 bits per heavy atom. The van der Waals surface area contributed by atoms with Crippen LogP contribution in [0.15, 0.2) is 18.2 Å². The summed E-state index contributed by atoms with van der Waals surface area (Å²) >= 11 is 6.25. The molecular formula is C12H13ClF2O. The smallest absolute Gasteiger partial charge is 0.387 e. The number of alkyl halides is 3. The summed E-state index contributed by atoms with van der Waals surface area (Å²) in [6.45, 7) is 1.37. The summed E-state index contributed by atoms with van der Waals surface area (Å²) in [6.07, 6.45) is 0. The van der Waals surface area contributed by atoms with Crippen LogP contribution in [0, 0.1) is 5.92 Å². The third-order valence-corrected chi connectivity index (χ3v) is 3.95. The maximum atomic E-state index is 12.1. The van der Waals surface area contributed by atoms with E-state index in [0.717, 1.165) is 11.1 Å². The first-order valence-corrected chi connectivity index (χ1v) is 5.67. The monoisotopic (exact) mass is 246 g/mol. The summed E-state index contributed by atoms with van der Waals surface area (Å²) < 4.78 is 28.5. The van der Waals surface area contributed by atoms with E-state index in [-0.39, 0.29) is 11.1 Å². The first-order valence-electron chi connectivity index (χ1n) is 5.23. The lowest BCUT2D eigenvalue weighted by atomic mass is 9.96. The fourth-order valence-electron chi connectivity index (χ4n) is 2.20. The highest BCUT2D eigenvalue weighted by Crippen LogP contribution is 2.49. The van der Waals surface area contributed by atoms with Gasteiger partial charge < -0.3 is 4.74 Å². The van der Waals surface area contributed by atoms with E-state index in [1.807, 2.05) is 6.07 Å². The van der Waals surface area contributed by atoms with Gasteiger partial charge in [-0.25, -0.2) is 0 Å². The van der Waals surface area contributed by atoms with Gasteiger partial charge in [0.1, 0.15) is 5.75 Å². The van der Waals surface area contributed by atoms with E-state index < -0.39 is 6.61 Å². The molecule has 0 aliphatic heterocycles. The lowest BCUT2D eigenvalue weighted by molar-refractivity contribution is -0.0498. The molecule has 1 aliphatic carbocycles. The van der Waals surface area contributed by atoms with Gasteiger partial charge in [-0.2, -0.15) is 8.78 Å². The average molecular weight is 247 g/mol. The van der Waals surface area contributed by atoms with Crippen LogP contribution >= 0.6 is 11.6 Å². The number of ether oxygens (including phenoxy) is 1. The molecule has 0 amide bonds. The maximum Gasteiger partial charge on any atom is 0.387 e. The zero-order valence-corrected chi connectivity index (χ0v) is 9.84. The van der Waals surface area contributed by atoms with Crippen LogP contribution in [0.2, 0.25) is 0 Å². The van der Waals surface area contributed by atoms with E-state index >= 15 is 0 Å². The van der Waals surface area contributed by atoms with E-state index in [9.17, 15) is 8.78 Å². The fourth-order valence-corrected chi connectivity index (χ4v) is 2.61. The molecule has 1 nitrogen and oxygen atoms in total. The molecule has 0 saturated carbocycles. The second-order valence-electron chi connectivity index (χ2n) is 4.22. The molecule has 0 bridgehead atoms. The van der Waals surface area contributed by atoms with Crippen molar-refractivity contribution in [2.75, 3.05) is 0 Å². The van der Waals surface area contributed by atoms with Crippen LogP contribution in [-0.4, -0.2) is 6.61 Å². The molecule has 0 fully saturated rings. The molecule has 4 heteroatoms. The maximum absolute atomic E-state index is 12.1. The first kappa shape index (κ1) is 11.6. The first-order chi connectivity index (χ1) is 7.50. The lowest BCUT2D eigenvalue weighted by Gasteiger charge is -2.11. The summed E-state index contributed by atoms with van der Waals surface area (Å²) in [5.74, 6) is 0.859. The predicted molar refractivity (Wildman–Crippen MR) is 59.2 cm³/mol. The van der Waals surface area contributed by atoms with Crippen molar-refractivity contribution in [3.8, 4) is 5.75 Å². The van der Waals surface area contributed by atoms with Crippen molar-refractivity contribution < 1.29 is 13.5 Å². The van der Waals surface area contributed by atoms with Gasteiger partial charge in [-0.05, 0) is 35.1 Å². The third-order valence-electron chi connectivity index (χ3n) is 3.32. The number of fused-ring (bicyclic) bond motifs is 1. The summed E-state index contributed by atoms with van der Waals surface area (Å²) in [4.78, 5) is 0. The van der Waals surface area contributed by atoms with E-state index in [0.29, 0.717) is 11.8 Å². The molecule has 1 aromatic carbocycles. The van der Waals surface area contributed by atoms with Crippen molar-refractivity contribution in [2.24, 2.45) is 5.92 Å². The molecule has 2 rings (SSSR count). The van der Waals surface area contributed by atoms with Gasteiger partial charge in [0, 0.05) is 0 Å². The zero-order chi connectivity index (χ0) is 11.9. The van der Waals surface area contributed by atoms with Crippen molar-refractivity contribution in [1.29, 1.82) is 0 Å². The van der Waals surface area contributed by atoms with Crippen molar-refractivity contribution in [2.45, 2.75) is 31.8 Å². The third kappa shape index (κ3) is 1.88. The molecule has 0 spiro atoms. The predicted octanol–water partition coefficient (Wildman–Crippen LogP) is 4.32. The summed E-state index contributed by atoms with van der Waals surface area (Å²) in [5, 5.41) is -0.119. The SMILES string of the molecule is CC1c2ccc(OC(F)F)cc2C(Cl)C1C. The normalized spacial score (nSPS) is 28.2. The largest absolute Gasteiger partial charge is 0.435 e. The Hall–Kier alpha value is -0.830. The highest BCUT2D eigenvalue weighted by atomic mass is 35.5. The quantitative estimate of drug-likeness (QED) is 0.706. The Balaban J connectivity index is 2.34. The highest BCUT2D eigenvalue weighted by molar-refractivity contribution is 6.21. The van der Waals surface area contributed by atoms with Crippen LogP contribution in [0.1, 0.15) is 36.3 Å². The molecule has 0 aromatic heterocycles. The Morgan fingerprint density at radius 3 is 2.56 bits per heavy atom. The Labute approximate surface area is 98.4 Å². The van der Waals surface area contributed by atoms with E-state index in [4.69, 9.17) is 11.6 Å². The van der Waals surface area contributed by atoms with Gasteiger partial charge >= 0.3 is 6.61 Å². The summed E-state index contributed by atoms with van der Waals surface area (Å²) in [6, 6.07) is 5.03. The topological polar surface area (TPSA) is 9.23 Å². The number of hydrogen-bond donors (Lipinski definition) is 0. The van der Waals surface area contributed by atoms with Crippen molar-refractivity contribution in [3.05, 3.63) is 29.3 Å². The molecule has 0 heterocycles. The molecule has 1 aromatic rings. The van der Waals surface area contributed by atoms with E-state index in [1.165, 1.54) is 0 Å². The van der Waals surface area contributed by atoms with Gasteiger partial charge in [-0.1, -0.05) is 19.9 Å². The van der Waals surface area contributed by atoms with Crippen LogP contribution in [-0.2, 0) is 0 Å². The Kier molecular flexibility index (Phi) is 3.06. The minimum absolute atomic E-state index is 0.119. The zero-order valence-electron chi connectivity index (χ0n) is 9.08. The van der Waals surface area contributed by atoms with Gasteiger partial charge in [0.05, 0.1) is 5.38 Å². The standard InChI is InChI=1S/C12H13ClF2O/c1-6-7(2)11(13)10-5-8(16-12(14)15)3-4-9(6)10/h3-7,11-12H,1-2H3. The van der Waals surface area contributed by atoms with Crippen LogP contribution in [0.4, 0.5) is 8.78 Å². The highest BCUT2D eigenvalue weighted by Gasteiger charge is 2.34. The van der Waals surface area contributed by atoms with Gasteiger partial charge in [0.15, 0.2) is 0 Å². The number of benzene rings is 1. The van der Waals surface area contributed by atoms with Crippen LogP contribution in [0.3, 0.4) is 0 Å². The van der Waals surface area contributed by atoms with E-state index in [2.05, 4.69) is 18.6 Å². The van der Waals surface area contributed by atoms with Gasteiger partial charge in [0.2, 0.25) is 0 Å². The minimum atomic E-state index is -2.79. The molecule has 0 N–H and O–H groups in total. The summed E-state index contributed by atoms with van der Waals surface area (Å²) in [7, 11) is 0. The second-order valence-corrected chi connectivity index (χ2v) is 4.69. The van der Waals surface area contributed by atoms with E-state index in [1.54, 1.807) is 12.1 Å². The number of hydrogen-bond acceptors (Lipinski definition) is 1. The van der Waals surface area contributed by atoms with Gasteiger partial charge in [-0.15, -0.1) is 11.6 Å². The molecule has 3 atom stereocenters. The van der Waals surface area contributed by atoms with Crippen LogP contribution < -0.4 is 4.74 Å². The molecule has 88 valence electrons. The number of rotatable bonds is 2. The Morgan fingerprint density at radius 2 is 1.94 bits per heavy atom. The average Bonchev–Trinajstić information content (AvgIpc) is 2.43. The fraction of sp³-hybridized carbons (Fsp3) is 0.500. The van der Waals surface area contributed by atoms with Crippen LogP contribution in [0.5, 0.6) is 5.75 Å². The Bertz CT molecular complexity index is 395. The molecular weight excluding hydrogens is 234 g/mol. The van der Waals surface area contributed by atoms with Crippen molar-refractivity contribution in [1.82, 2.24) is 0 Å². The minimum Gasteiger partial charge on any atom is -0.435 e. The summed E-state index contributed by atoms with van der Waals surface area (Å²) in [5.41, 5.74) is 2.05. The molecule has 1 aliphatic rings. The molecule has 0 radical (unpaired) electrons. The lowest BCUT2D eigenvalue weighted by Crippen LogP contribution is -2.02. The van der Waals surface area contributed by atoms with Crippen molar-refractivity contribution >= 4 is 11.6 Å². The molecule has 0 saturated heterocycles. The van der Waals surface area contributed by atoms with Gasteiger partial charge in [0.25, 0.3) is 0 Å². The molecule has 3 unspecified atom stereocenters. The van der Waals surface area contributed by atoms with Gasteiger partial charge in [-0.3, -0.25) is 0 Å². The number of halogens is 3. The van der Waals surface area contributed by atoms with Crippen LogP contribution in [0.25, 0.3) is 0 Å². The second kappa shape index (κ2) is 4.21. The van der Waals surface area contributed by atoms with Crippen molar-refractivity contribution in [3.63, 3.8) is 0 Å².